The lowest BCUT2D eigenvalue weighted by Crippen LogP contribution is -2.24. The van der Waals surface area contributed by atoms with E-state index in [0.717, 1.165) is 34.3 Å². The Labute approximate surface area is 138 Å². The summed E-state index contributed by atoms with van der Waals surface area (Å²) in [5.41, 5.74) is 6.97. The number of imidazole rings is 1. The summed E-state index contributed by atoms with van der Waals surface area (Å²) >= 11 is 0. The van der Waals surface area contributed by atoms with Gasteiger partial charge < -0.3 is 9.67 Å². The first-order valence-corrected chi connectivity index (χ1v) is 7.79. The van der Waals surface area contributed by atoms with E-state index in [-0.39, 0.29) is 18.2 Å². The van der Waals surface area contributed by atoms with Gasteiger partial charge in [-0.15, -0.1) is 0 Å². The molecule has 1 heterocycles. The molecule has 0 radical (unpaired) electrons. The van der Waals surface area contributed by atoms with Crippen molar-refractivity contribution in [1.82, 2.24) is 15.0 Å². The molecule has 0 aliphatic heterocycles. The first kappa shape index (κ1) is 14.4. The molecule has 2 aromatic carbocycles. The maximum Gasteiger partial charge on any atom is 0.260 e. The van der Waals surface area contributed by atoms with Gasteiger partial charge in [0.1, 0.15) is 12.3 Å². The molecule has 24 heavy (non-hydrogen) atoms. The van der Waals surface area contributed by atoms with E-state index in [1.807, 2.05) is 30.3 Å². The van der Waals surface area contributed by atoms with E-state index in [4.69, 9.17) is 0 Å². The van der Waals surface area contributed by atoms with Crippen molar-refractivity contribution in [2.24, 2.45) is 5.10 Å². The maximum atomic E-state index is 12.2. The smallest absolute Gasteiger partial charge is 0.260 e. The number of para-hydroxylation sites is 2. The number of aromatic hydroxyl groups is 1. The van der Waals surface area contributed by atoms with Gasteiger partial charge in [0.05, 0.1) is 23.1 Å². The quantitative estimate of drug-likeness (QED) is 0.726. The molecule has 0 spiro atoms. The topological polar surface area (TPSA) is 79.5 Å². The third-order valence-corrected chi connectivity index (χ3v) is 4.23. The Morgan fingerprint density at radius 3 is 3.00 bits per heavy atom. The van der Waals surface area contributed by atoms with Gasteiger partial charge in [-0.1, -0.05) is 24.3 Å². The first-order valence-electron chi connectivity index (χ1n) is 7.79. The SMILES string of the molecule is O=C(Cn1cnc2ccccc21)N/N=C1\CCc2c(O)cccc21. The largest absolute Gasteiger partial charge is 0.508 e. The number of rotatable bonds is 3. The molecule has 6 nitrogen and oxygen atoms in total. The van der Waals surface area contributed by atoms with Crippen LogP contribution in [0.15, 0.2) is 53.9 Å². The van der Waals surface area contributed by atoms with Crippen LogP contribution in [0.1, 0.15) is 17.5 Å². The Kier molecular flexibility index (Phi) is 3.49. The summed E-state index contributed by atoms with van der Waals surface area (Å²) in [6, 6.07) is 13.0. The van der Waals surface area contributed by atoms with E-state index < -0.39 is 0 Å². The van der Waals surface area contributed by atoms with E-state index in [0.29, 0.717) is 6.42 Å². The fourth-order valence-electron chi connectivity index (χ4n) is 3.06. The molecule has 0 atom stereocenters. The van der Waals surface area contributed by atoms with Gasteiger partial charge in [0, 0.05) is 11.1 Å². The Balaban J connectivity index is 1.49. The van der Waals surface area contributed by atoms with Crippen LogP contribution in [0.5, 0.6) is 5.75 Å². The van der Waals surface area contributed by atoms with E-state index in [1.54, 1.807) is 23.0 Å². The second kappa shape index (κ2) is 5.81. The number of phenols is 1. The highest BCUT2D eigenvalue weighted by Crippen LogP contribution is 2.29. The highest BCUT2D eigenvalue weighted by Gasteiger charge is 2.20. The average Bonchev–Trinajstić information content (AvgIpc) is 3.19. The fourth-order valence-corrected chi connectivity index (χ4v) is 3.06. The normalized spacial score (nSPS) is 14.9. The van der Waals surface area contributed by atoms with Crippen LogP contribution >= 0.6 is 0 Å². The molecule has 0 unspecified atom stereocenters. The van der Waals surface area contributed by atoms with E-state index in [1.165, 1.54) is 0 Å². The van der Waals surface area contributed by atoms with Crippen LogP contribution in [0.4, 0.5) is 0 Å². The van der Waals surface area contributed by atoms with Crippen molar-refractivity contribution in [3.63, 3.8) is 0 Å². The zero-order chi connectivity index (χ0) is 16.5. The van der Waals surface area contributed by atoms with Gasteiger partial charge in [-0.2, -0.15) is 5.10 Å². The highest BCUT2D eigenvalue weighted by molar-refractivity contribution is 6.05. The van der Waals surface area contributed by atoms with Crippen molar-refractivity contribution in [3.05, 3.63) is 59.9 Å². The minimum atomic E-state index is -0.209. The number of benzene rings is 2. The number of aromatic nitrogens is 2. The van der Waals surface area contributed by atoms with E-state index >= 15 is 0 Å². The standard InChI is InChI=1S/C18H16N4O2/c23-17-7-3-4-12-13(17)8-9-14(12)20-21-18(24)10-22-11-19-15-5-1-2-6-16(15)22/h1-7,11,23H,8-10H2,(H,21,24)/b20-14+. The molecular formula is C18H16N4O2. The molecule has 0 saturated heterocycles. The van der Waals surface area contributed by atoms with Crippen molar-refractivity contribution in [1.29, 1.82) is 0 Å². The number of nitrogens with zero attached hydrogens (tertiary/aromatic N) is 3. The minimum Gasteiger partial charge on any atom is -0.508 e. The van der Waals surface area contributed by atoms with Crippen LogP contribution in [-0.4, -0.2) is 26.3 Å². The van der Waals surface area contributed by atoms with Crippen molar-refractivity contribution in [2.75, 3.05) is 0 Å². The zero-order valence-electron chi connectivity index (χ0n) is 12.9. The van der Waals surface area contributed by atoms with Gasteiger partial charge in [-0.3, -0.25) is 4.79 Å². The van der Waals surface area contributed by atoms with Crippen molar-refractivity contribution < 1.29 is 9.90 Å². The number of phenolic OH excluding ortho intramolecular Hbond substituents is 1. The summed E-state index contributed by atoms with van der Waals surface area (Å²) in [6.45, 7) is 0.157. The molecule has 3 aromatic rings. The summed E-state index contributed by atoms with van der Waals surface area (Å²) in [5, 5.41) is 14.1. The van der Waals surface area contributed by atoms with Crippen molar-refractivity contribution in [3.8, 4) is 5.75 Å². The number of nitrogens with one attached hydrogen (secondary N) is 1. The Hall–Kier alpha value is -3.15. The summed E-state index contributed by atoms with van der Waals surface area (Å²) < 4.78 is 1.79. The molecule has 1 amide bonds. The average molecular weight is 320 g/mol. The van der Waals surface area contributed by atoms with Gasteiger partial charge in [0.2, 0.25) is 0 Å². The second-order valence-electron chi connectivity index (χ2n) is 5.76. The van der Waals surface area contributed by atoms with Crippen LogP contribution in [0.25, 0.3) is 11.0 Å². The summed E-state index contributed by atoms with van der Waals surface area (Å²) in [7, 11) is 0. The molecular weight excluding hydrogens is 304 g/mol. The number of hydrogen-bond donors (Lipinski definition) is 2. The van der Waals surface area contributed by atoms with Crippen molar-refractivity contribution in [2.45, 2.75) is 19.4 Å². The molecule has 4 rings (SSSR count). The second-order valence-corrected chi connectivity index (χ2v) is 5.76. The van der Waals surface area contributed by atoms with Gasteiger partial charge in [-0.05, 0) is 31.0 Å². The number of carbonyl (C=O) groups excluding carboxylic acids is 1. The van der Waals surface area contributed by atoms with Crippen LogP contribution in [0, 0.1) is 0 Å². The summed E-state index contributed by atoms with van der Waals surface area (Å²) in [4.78, 5) is 16.4. The lowest BCUT2D eigenvalue weighted by atomic mass is 10.1. The van der Waals surface area contributed by atoms with E-state index in [2.05, 4.69) is 15.5 Å². The molecule has 0 fully saturated rings. The number of amides is 1. The fraction of sp³-hybridized carbons (Fsp3) is 0.167. The predicted octanol–water partition coefficient (Wildman–Crippen LogP) is 2.21. The van der Waals surface area contributed by atoms with Crippen LogP contribution in [0.3, 0.4) is 0 Å². The first-order chi connectivity index (χ1) is 11.7. The Morgan fingerprint density at radius 2 is 2.08 bits per heavy atom. The number of carbonyl (C=O) groups is 1. The van der Waals surface area contributed by atoms with Crippen LogP contribution in [0.2, 0.25) is 0 Å². The molecule has 1 aromatic heterocycles. The van der Waals surface area contributed by atoms with Gasteiger partial charge in [0.15, 0.2) is 0 Å². The van der Waals surface area contributed by atoms with Gasteiger partial charge in [0.25, 0.3) is 5.91 Å². The summed E-state index contributed by atoms with van der Waals surface area (Å²) in [6.07, 6.45) is 3.10. The number of hydrazone groups is 1. The number of fused-ring (bicyclic) bond motifs is 2. The lowest BCUT2D eigenvalue weighted by molar-refractivity contribution is -0.121. The molecule has 1 aliphatic rings. The van der Waals surface area contributed by atoms with Gasteiger partial charge >= 0.3 is 0 Å². The molecule has 120 valence electrons. The molecule has 1 aliphatic carbocycles. The van der Waals surface area contributed by atoms with Crippen molar-refractivity contribution >= 4 is 22.7 Å². The Morgan fingerprint density at radius 1 is 1.21 bits per heavy atom. The van der Waals surface area contributed by atoms with E-state index in [9.17, 15) is 9.90 Å². The third-order valence-electron chi connectivity index (χ3n) is 4.23. The monoisotopic (exact) mass is 320 g/mol. The Bertz CT molecular complexity index is 959. The molecule has 0 bridgehead atoms. The molecule has 0 saturated carbocycles. The maximum absolute atomic E-state index is 12.2. The molecule has 6 heteroatoms. The van der Waals surface area contributed by atoms with Crippen LogP contribution < -0.4 is 5.43 Å². The third kappa shape index (κ3) is 2.52. The molecule has 2 N–H and O–H groups in total. The predicted molar refractivity (Wildman–Crippen MR) is 90.8 cm³/mol. The minimum absolute atomic E-state index is 0.157. The van der Waals surface area contributed by atoms with Gasteiger partial charge in [-0.25, -0.2) is 10.4 Å². The summed E-state index contributed by atoms with van der Waals surface area (Å²) in [5.74, 6) is 0.0770. The highest BCUT2D eigenvalue weighted by atomic mass is 16.3. The van der Waals surface area contributed by atoms with Crippen LogP contribution in [-0.2, 0) is 17.8 Å². The zero-order valence-corrected chi connectivity index (χ0v) is 12.9. The lowest BCUT2D eigenvalue weighted by Gasteiger charge is -2.05. The number of hydrogen-bond acceptors (Lipinski definition) is 4.